The van der Waals surface area contributed by atoms with Crippen LogP contribution in [-0.4, -0.2) is 0 Å². The Labute approximate surface area is 284 Å². The Morgan fingerprint density at radius 2 is 0.755 bits per heavy atom. The van der Waals surface area contributed by atoms with E-state index >= 15 is 0 Å². The van der Waals surface area contributed by atoms with Crippen LogP contribution in [0.15, 0.2) is 186 Å². The first-order chi connectivity index (χ1) is 24.3. The first-order valence-electron chi connectivity index (χ1n) is 16.9. The van der Waals surface area contributed by atoms with Crippen LogP contribution in [0.5, 0.6) is 0 Å². The smallest absolute Gasteiger partial charge is 0.136 e. The lowest BCUT2D eigenvalue weighted by Gasteiger charge is -2.19. The molecule has 0 unspecified atom stereocenters. The summed E-state index contributed by atoms with van der Waals surface area (Å²) in [6.45, 7) is 0. The molecular formula is C48H30O. The van der Waals surface area contributed by atoms with Crippen LogP contribution < -0.4 is 0 Å². The lowest BCUT2D eigenvalue weighted by molar-refractivity contribution is 0.669. The van der Waals surface area contributed by atoms with Crippen LogP contribution >= 0.6 is 0 Å². The molecule has 1 heteroatoms. The molecule has 10 rings (SSSR count). The van der Waals surface area contributed by atoms with Gasteiger partial charge in [-0.1, -0.05) is 164 Å². The Bertz CT molecular complexity index is 2800. The molecule has 0 aliphatic carbocycles. The molecule has 0 spiro atoms. The minimum Gasteiger partial charge on any atom is -0.456 e. The maximum absolute atomic E-state index is 6.52. The zero-order valence-electron chi connectivity index (χ0n) is 26.7. The highest BCUT2D eigenvalue weighted by Gasteiger charge is 2.21. The Morgan fingerprint density at radius 1 is 0.265 bits per heavy atom. The standard InChI is InChI=1S/C48H30O/c1-3-14-31(15-4-1)33-28-29-44-43(30-33)48-42(26-13-27-45(48)49-44)47-40-20-9-7-18-38(40)46(39-19-8-10-21-41(39)47)37-25-12-23-35-34(22-11-24-36(35)37)32-16-5-2-6-17-32/h1-30H. The highest BCUT2D eigenvalue weighted by molar-refractivity contribution is 6.27. The topological polar surface area (TPSA) is 13.1 Å². The molecule has 1 nitrogen and oxygen atoms in total. The monoisotopic (exact) mass is 622 g/mol. The van der Waals surface area contributed by atoms with E-state index in [1.807, 2.05) is 0 Å². The molecule has 10 aromatic rings. The number of fused-ring (bicyclic) bond motifs is 6. The van der Waals surface area contributed by atoms with Gasteiger partial charge in [0.05, 0.1) is 0 Å². The fourth-order valence-electron chi connectivity index (χ4n) is 7.95. The Balaban J connectivity index is 1.29. The van der Waals surface area contributed by atoms with Crippen molar-refractivity contribution in [3.63, 3.8) is 0 Å². The van der Waals surface area contributed by atoms with E-state index in [-0.39, 0.29) is 0 Å². The molecule has 0 aliphatic heterocycles. The van der Waals surface area contributed by atoms with E-state index in [4.69, 9.17) is 4.42 Å². The Kier molecular flexibility index (Phi) is 6.25. The fraction of sp³-hybridized carbons (Fsp3) is 0. The van der Waals surface area contributed by atoms with E-state index in [0.717, 1.165) is 21.9 Å². The molecule has 0 N–H and O–H groups in total. The molecule has 0 amide bonds. The fourth-order valence-corrected chi connectivity index (χ4v) is 7.95. The molecule has 9 aromatic carbocycles. The van der Waals surface area contributed by atoms with Crippen LogP contribution in [0.25, 0.3) is 98.8 Å². The van der Waals surface area contributed by atoms with Crippen LogP contribution in [0.1, 0.15) is 0 Å². The quantitative estimate of drug-likeness (QED) is 0.178. The molecular weight excluding hydrogens is 593 g/mol. The van der Waals surface area contributed by atoms with Gasteiger partial charge in [0, 0.05) is 10.8 Å². The first kappa shape index (κ1) is 27.7. The number of hydrogen-bond acceptors (Lipinski definition) is 1. The van der Waals surface area contributed by atoms with E-state index in [9.17, 15) is 0 Å². The molecule has 0 saturated heterocycles. The first-order valence-corrected chi connectivity index (χ1v) is 16.9. The summed E-state index contributed by atoms with van der Waals surface area (Å²) in [5.74, 6) is 0. The van der Waals surface area contributed by atoms with Gasteiger partial charge in [-0.2, -0.15) is 0 Å². The van der Waals surface area contributed by atoms with Crippen LogP contribution in [0.2, 0.25) is 0 Å². The van der Waals surface area contributed by atoms with Crippen molar-refractivity contribution in [2.24, 2.45) is 0 Å². The van der Waals surface area contributed by atoms with Crippen molar-refractivity contribution in [3.8, 4) is 44.5 Å². The van der Waals surface area contributed by atoms with Gasteiger partial charge in [0.1, 0.15) is 11.2 Å². The third kappa shape index (κ3) is 4.33. The molecule has 0 aliphatic rings. The second-order valence-electron chi connectivity index (χ2n) is 12.8. The molecule has 0 radical (unpaired) electrons. The minimum absolute atomic E-state index is 0.900. The Hall–Kier alpha value is -6.44. The van der Waals surface area contributed by atoms with Gasteiger partial charge in [-0.25, -0.2) is 0 Å². The lowest BCUT2D eigenvalue weighted by Crippen LogP contribution is -1.92. The van der Waals surface area contributed by atoms with Crippen molar-refractivity contribution < 1.29 is 4.42 Å². The molecule has 0 bridgehead atoms. The molecule has 1 aromatic heterocycles. The second-order valence-corrected chi connectivity index (χ2v) is 12.8. The predicted molar refractivity (Wildman–Crippen MR) is 208 cm³/mol. The molecule has 0 atom stereocenters. The van der Waals surface area contributed by atoms with Gasteiger partial charge >= 0.3 is 0 Å². The summed E-state index contributed by atoms with van der Waals surface area (Å²) in [7, 11) is 0. The van der Waals surface area contributed by atoms with Crippen molar-refractivity contribution in [1.82, 2.24) is 0 Å². The average Bonchev–Trinajstić information content (AvgIpc) is 3.56. The molecule has 0 fully saturated rings. The summed E-state index contributed by atoms with van der Waals surface area (Å²) in [5, 5.41) is 9.73. The Morgan fingerprint density at radius 3 is 1.41 bits per heavy atom. The van der Waals surface area contributed by atoms with Crippen LogP contribution in [0, 0.1) is 0 Å². The van der Waals surface area contributed by atoms with Gasteiger partial charge in [0.25, 0.3) is 0 Å². The lowest BCUT2D eigenvalue weighted by atomic mass is 9.83. The maximum Gasteiger partial charge on any atom is 0.136 e. The van der Waals surface area contributed by atoms with Gasteiger partial charge in [-0.3, -0.25) is 0 Å². The predicted octanol–water partition coefficient (Wildman–Crippen LogP) is 13.7. The van der Waals surface area contributed by atoms with Crippen molar-refractivity contribution in [1.29, 1.82) is 0 Å². The normalized spacial score (nSPS) is 11.7. The van der Waals surface area contributed by atoms with Gasteiger partial charge < -0.3 is 4.42 Å². The zero-order valence-corrected chi connectivity index (χ0v) is 26.7. The summed E-state index contributed by atoms with van der Waals surface area (Å²) >= 11 is 0. The number of benzene rings is 9. The molecule has 49 heavy (non-hydrogen) atoms. The van der Waals surface area contributed by atoms with E-state index in [2.05, 4.69) is 182 Å². The van der Waals surface area contributed by atoms with Gasteiger partial charge in [-0.05, 0) is 95.0 Å². The van der Waals surface area contributed by atoms with E-state index in [0.29, 0.717) is 0 Å². The van der Waals surface area contributed by atoms with Crippen molar-refractivity contribution in [3.05, 3.63) is 182 Å². The summed E-state index contributed by atoms with van der Waals surface area (Å²) in [6.07, 6.45) is 0. The van der Waals surface area contributed by atoms with Gasteiger partial charge in [0.15, 0.2) is 0 Å². The van der Waals surface area contributed by atoms with Crippen molar-refractivity contribution in [2.75, 3.05) is 0 Å². The van der Waals surface area contributed by atoms with Crippen LogP contribution in [-0.2, 0) is 0 Å². The molecule has 228 valence electrons. The maximum atomic E-state index is 6.52. The highest BCUT2D eigenvalue weighted by atomic mass is 16.3. The number of furan rings is 1. The number of rotatable bonds is 4. The SMILES string of the molecule is c1ccc(-c2ccc3oc4cccc(-c5c6ccccc6c(-c6cccc7c(-c8ccccc8)cccc67)c6ccccc56)c4c3c2)cc1. The highest BCUT2D eigenvalue weighted by Crippen LogP contribution is 2.48. The largest absolute Gasteiger partial charge is 0.456 e. The number of hydrogen-bond donors (Lipinski definition) is 0. The van der Waals surface area contributed by atoms with Gasteiger partial charge in [-0.15, -0.1) is 0 Å². The summed E-state index contributed by atoms with van der Waals surface area (Å²) in [4.78, 5) is 0. The minimum atomic E-state index is 0.900. The van der Waals surface area contributed by atoms with E-state index in [1.54, 1.807) is 0 Å². The summed E-state index contributed by atoms with van der Waals surface area (Å²) in [5.41, 5.74) is 11.6. The molecule has 1 heterocycles. The van der Waals surface area contributed by atoms with E-state index in [1.165, 1.54) is 76.8 Å². The third-order valence-electron chi connectivity index (χ3n) is 10.1. The second kappa shape index (κ2) is 11.1. The third-order valence-corrected chi connectivity index (χ3v) is 10.1. The average molecular weight is 623 g/mol. The zero-order chi connectivity index (χ0) is 32.3. The van der Waals surface area contributed by atoms with Crippen molar-refractivity contribution in [2.45, 2.75) is 0 Å². The summed E-state index contributed by atoms with van der Waals surface area (Å²) < 4.78 is 6.52. The van der Waals surface area contributed by atoms with Crippen LogP contribution in [0.4, 0.5) is 0 Å². The molecule has 0 saturated carbocycles. The van der Waals surface area contributed by atoms with Crippen LogP contribution in [0.3, 0.4) is 0 Å². The van der Waals surface area contributed by atoms with E-state index < -0.39 is 0 Å². The van der Waals surface area contributed by atoms with Crippen molar-refractivity contribution >= 4 is 54.3 Å². The van der Waals surface area contributed by atoms with Gasteiger partial charge in [0.2, 0.25) is 0 Å². The summed E-state index contributed by atoms with van der Waals surface area (Å²) in [6, 6.07) is 65.7.